The van der Waals surface area contributed by atoms with Crippen molar-refractivity contribution in [3.05, 3.63) is 47.8 Å². The van der Waals surface area contributed by atoms with E-state index in [1.807, 2.05) is 53.6 Å². The molecule has 1 heterocycles. The van der Waals surface area contributed by atoms with Crippen molar-refractivity contribution in [1.82, 2.24) is 14.7 Å². The fourth-order valence-corrected chi connectivity index (χ4v) is 4.09. The van der Waals surface area contributed by atoms with Crippen LogP contribution in [0.1, 0.15) is 71.4 Å². The van der Waals surface area contributed by atoms with Gasteiger partial charge in [-0.2, -0.15) is 0 Å². The minimum Gasteiger partial charge on any atom is -0.487 e. The summed E-state index contributed by atoms with van der Waals surface area (Å²) in [4.78, 5) is 45.1. The Morgan fingerprint density at radius 2 is 1.50 bits per heavy atom. The fraction of sp³-hybridized carbons (Fsp3) is 0.576. The molecular formula is C33H51N4O7+. The van der Waals surface area contributed by atoms with Crippen molar-refractivity contribution >= 4 is 18.0 Å². The van der Waals surface area contributed by atoms with Gasteiger partial charge >= 0.3 is 12.1 Å². The molecule has 44 heavy (non-hydrogen) atoms. The Bertz CT molecular complexity index is 1240. The second-order valence-electron chi connectivity index (χ2n) is 12.4. The number of aromatic nitrogens is 1. The van der Waals surface area contributed by atoms with E-state index >= 15 is 0 Å². The third-order valence-corrected chi connectivity index (χ3v) is 6.23. The molecule has 0 N–H and O–H groups in total. The van der Waals surface area contributed by atoms with Gasteiger partial charge in [0.05, 0.1) is 17.8 Å². The molecule has 11 heteroatoms. The third-order valence-electron chi connectivity index (χ3n) is 6.23. The van der Waals surface area contributed by atoms with Gasteiger partial charge in [-0.05, 0) is 81.6 Å². The van der Waals surface area contributed by atoms with Crippen molar-refractivity contribution < 1.29 is 37.9 Å². The number of benzene rings is 1. The smallest absolute Gasteiger partial charge is 0.411 e. The molecular weight excluding hydrogens is 564 g/mol. The monoisotopic (exact) mass is 615 g/mol. The van der Waals surface area contributed by atoms with Crippen LogP contribution in [0.25, 0.3) is 0 Å². The minimum atomic E-state index is -0.761. The number of hydrogen-bond acceptors (Lipinski definition) is 8. The molecule has 0 radical (unpaired) electrons. The van der Waals surface area contributed by atoms with Crippen molar-refractivity contribution in [2.75, 3.05) is 40.3 Å². The van der Waals surface area contributed by atoms with Crippen LogP contribution in [0.2, 0.25) is 0 Å². The highest BCUT2D eigenvalue weighted by Crippen LogP contribution is 2.39. The van der Waals surface area contributed by atoms with Crippen LogP contribution in [0.15, 0.2) is 36.5 Å². The van der Waals surface area contributed by atoms with Gasteiger partial charge in [-0.25, -0.2) is 14.2 Å². The number of amides is 2. The largest absolute Gasteiger partial charge is 0.487 e. The summed E-state index contributed by atoms with van der Waals surface area (Å²) in [5.74, 6) is 0.141. The van der Waals surface area contributed by atoms with Crippen LogP contribution in [0, 0.1) is 0 Å². The topological polar surface area (TPSA) is 102 Å². The average molecular weight is 616 g/mol. The Morgan fingerprint density at radius 3 is 2.00 bits per heavy atom. The van der Waals surface area contributed by atoms with Crippen molar-refractivity contribution in [2.24, 2.45) is 7.05 Å². The van der Waals surface area contributed by atoms with Crippen LogP contribution in [0.5, 0.6) is 17.2 Å². The minimum absolute atomic E-state index is 0.0261. The number of carbonyl (C=O) groups is 3. The van der Waals surface area contributed by atoms with Gasteiger partial charge in [0.25, 0.3) is 0 Å². The molecule has 0 bridgehead atoms. The van der Waals surface area contributed by atoms with Crippen LogP contribution >= 0.6 is 0 Å². The highest BCUT2D eigenvalue weighted by Gasteiger charge is 2.29. The second-order valence-corrected chi connectivity index (χ2v) is 12.4. The Morgan fingerprint density at radius 1 is 0.909 bits per heavy atom. The molecule has 0 saturated heterocycles. The van der Waals surface area contributed by atoms with E-state index in [1.165, 1.54) is 4.90 Å². The highest BCUT2D eigenvalue weighted by atomic mass is 16.6. The van der Waals surface area contributed by atoms with Crippen LogP contribution in [-0.2, 0) is 23.1 Å². The lowest BCUT2D eigenvalue weighted by molar-refractivity contribution is -0.680. The van der Waals surface area contributed by atoms with Crippen LogP contribution in [0.4, 0.5) is 4.79 Å². The lowest BCUT2D eigenvalue weighted by atomic mass is 10.2. The number of carbonyl (C=O) groups excluding carboxylic acids is 3. The van der Waals surface area contributed by atoms with E-state index in [-0.39, 0.29) is 42.5 Å². The predicted octanol–water partition coefficient (Wildman–Crippen LogP) is 4.45. The van der Waals surface area contributed by atoms with Crippen molar-refractivity contribution in [3.8, 4) is 17.2 Å². The van der Waals surface area contributed by atoms with Crippen molar-refractivity contribution in [1.29, 1.82) is 0 Å². The second kappa shape index (κ2) is 16.3. The van der Waals surface area contributed by atoms with E-state index in [0.717, 1.165) is 0 Å². The Hall–Kier alpha value is -3.86. The molecule has 2 amide bonds. The number of hydrogen-bond donors (Lipinski definition) is 0. The van der Waals surface area contributed by atoms with E-state index in [0.29, 0.717) is 36.8 Å². The lowest BCUT2D eigenvalue weighted by Gasteiger charge is -2.29. The number of likely N-dealkylation sites (N-methyl/N-ethyl adjacent to an activating group) is 2. The summed E-state index contributed by atoms with van der Waals surface area (Å²) in [7, 11) is 5.68. The zero-order chi connectivity index (χ0) is 33.2. The number of para-hydroxylation sites is 1. The molecule has 11 nitrogen and oxygen atoms in total. The summed E-state index contributed by atoms with van der Waals surface area (Å²) >= 11 is 0. The summed E-state index contributed by atoms with van der Waals surface area (Å²) in [5.41, 5.74) is 0.0902. The molecule has 244 valence electrons. The molecule has 0 aliphatic heterocycles. The molecule has 0 aliphatic rings. The SMILES string of the molecule is CCN(CCN(C)C)C(=O)CN(Cc1cc(C(=O)Oc2c(OC(C)C)cccc2OC(C)C)cc[n+]1C)C(=O)OC(C)(C)C. The first-order valence-electron chi connectivity index (χ1n) is 15.1. The first-order valence-corrected chi connectivity index (χ1v) is 15.1. The number of pyridine rings is 1. The van der Waals surface area contributed by atoms with Gasteiger partial charge in [0, 0.05) is 31.8 Å². The number of esters is 1. The Labute approximate surface area is 262 Å². The molecule has 2 rings (SSSR count). The van der Waals surface area contributed by atoms with Crippen molar-refractivity contribution in [3.63, 3.8) is 0 Å². The summed E-state index contributed by atoms with van der Waals surface area (Å²) < 4.78 is 25.1. The first kappa shape index (κ1) is 36.3. The van der Waals surface area contributed by atoms with Gasteiger partial charge in [0.2, 0.25) is 17.4 Å². The number of aryl methyl sites for hydroxylation is 1. The molecule has 0 fully saturated rings. The lowest BCUT2D eigenvalue weighted by Crippen LogP contribution is -2.47. The van der Waals surface area contributed by atoms with Gasteiger partial charge in [-0.3, -0.25) is 9.69 Å². The molecule has 0 spiro atoms. The molecule has 1 aromatic carbocycles. The number of nitrogens with zero attached hydrogens (tertiary/aromatic N) is 4. The van der Waals surface area contributed by atoms with E-state index in [4.69, 9.17) is 18.9 Å². The number of ether oxygens (including phenoxy) is 4. The molecule has 0 unspecified atom stereocenters. The summed E-state index contributed by atoms with van der Waals surface area (Å²) in [6, 6.07) is 8.49. The van der Waals surface area contributed by atoms with Crippen LogP contribution < -0.4 is 18.8 Å². The van der Waals surface area contributed by atoms with Gasteiger partial charge < -0.3 is 28.7 Å². The van der Waals surface area contributed by atoms with Gasteiger partial charge in [-0.1, -0.05) is 6.07 Å². The van der Waals surface area contributed by atoms with Crippen molar-refractivity contribution in [2.45, 2.75) is 79.7 Å². The fourth-order valence-electron chi connectivity index (χ4n) is 4.09. The molecule has 1 aromatic heterocycles. The maximum atomic E-state index is 13.5. The Kier molecular flexibility index (Phi) is 13.4. The maximum Gasteiger partial charge on any atom is 0.411 e. The molecule has 0 saturated carbocycles. The highest BCUT2D eigenvalue weighted by molar-refractivity contribution is 5.91. The summed E-state index contributed by atoms with van der Waals surface area (Å²) in [6.07, 6.45) is 0.769. The van der Waals surface area contributed by atoms with Gasteiger partial charge in [-0.15, -0.1) is 0 Å². The standard InChI is InChI=1S/C33H51N4O7/c1-12-36(19-18-34(9)10)29(38)22-37(32(40)44-33(6,7)8)21-26-20-25(16-17-35(26)11)31(39)43-30-27(41-23(2)3)14-13-15-28(30)42-24(4)5/h13-17,20,23-24H,12,18-19,21-22H2,1-11H3/q+1. The zero-order valence-electron chi connectivity index (χ0n) is 28.3. The molecule has 0 aliphatic carbocycles. The quantitative estimate of drug-likeness (QED) is 0.175. The maximum absolute atomic E-state index is 13.5. The predicted molar refractivity (Wildman–Crippen MR) is 168 cm³/mol. The number of rotatable bonds is 14. The zero-order valence-corrected chi connectivity index (χ0v) is 28.3. The average Bonchev–Trinajstić information content (AvgIpc) is 2.89. The normalized spacial score (nSPS) is 11.5. The molecule has 2 aromatic rings. The van der Waals surface area contributed by atoms with Gasteiger partial charge in [0.15, 0.2) is 17.7 Å². The van der Waals surface area contributed by atoms with E-state index < -0.39 is 17.7 Å². The van der Waals surface area contributed by atoms with E-state index in [1.54, 1.807) is 73.8 Å². The van der Waals surface area contributed by atoms with Gasteiger partial charge in [0.1, 0.15) is 25.7 Å². The van der Waals surface area contributed by atoms with Crippen LogP contribution in [-0.4, -0.2) is 90.8 Å². The first-order chi connectivity index (χ1) is 20.5. The summed E-state index contributed by atoms with van der Waals surface area (Å²) in [6.45, 7) is 16.3. The van der Waals surface area contributed by atoms with Crippen LogP contribution in [0.3, 0.4) is 0 Å². The van der Waals surface area contributed by atoms with E-state index in [9.17, 15) is 14.4 Å². The summed E-state index contributed by atoms with van der Waals surface area (Å²) in [5, 5.41) is 0. The molecule has 0 atom stereocenters. The third kappa shape index (κ3) is 11.7. The van der Waals surface area contributed by atoms with E-state index in [2.05, 4.69) is 0 Å². The Balaban J connectivity index is 2.40.